The summed E-state index contributed by atoms with van der Waals surface area (Å²) in [4.78, 5) is 35.7. The van der Waals surface area contributed by atoms with Gasteiger partial charge in [0.05, 0.1) is 5.92 Å². The summed E-state index contributed by atoms with van der Waals surface area (Å²) < 4.78 is 0. The molecule has 3 amide bonds. The molecule has 0 aromatic heterocycles. The Hall–Kier alpha value is -1.79. The maximum atomic E-state index is 11.9. The minimum absolute atomic E-state index is 0.0344. The van der Waals surface area contributed by atoms with Crippen molar-refractivity contribution >= 4 is 17.9 Å². The maximum Gasteiger partial charge on any atom is 0.317 e. The van der Waals surface area contributed by atoms with Crippen LogP contribution in [0.4, 0.5) is 4.79 Å². The van der Waals surface area contributed by atoms with Crippen molar-refractivity contribution in [3.05, 3.63) is 0 Å². The highest BCUT2D eigenvalue weighted by Crippen LogP contribution is 2.28. The van der Waals surface area contributed by atoms with Gasteiger partial charge in [-0.2, -0.15) is 0 Å². The maximum absolute atomic E-state index is 11.9. The fraction of sp³-hybridized carbons (Fsp3) is 0.769. The van der Waals surface area contributed by atoms with Gasteiger partial charge in [0.1, 0.15) is 0 Å². The summed E-state index contributed by atoms with van der Waals surface area (Å²) in [5.41, 5.74) is 0. The topological polar surface area (TPSA) is 98.7 Å². The minimum Gasteiger partial charge on any atom is -0.481 e. The number of likely N-dealkylation sites (tertiary alicyclic amines) is 1. The largest absolute Gasteiger partial charge is 0.481 e. The SMILES string of the molecule is C[C@@H]1CN(C(=O)NCCNC(=O)C2CC2)C[C@H]1C(=O)O. The number of urea groups is 1. The van der Waals surface area contributed by atoms with Crippen molar-refractivity contribution < 1.29 is 19.5 Å². The Bertz CT molecular complexity index is 408. The number of nitrogens with zero attached hydrogens (tertiary/aromatic N) is 1. The third kappa shape index (κ3) is 3.61. The number of nitrogens with one attached hydrogen (secondary N) is 2. The van der Waals surface area contributed by atoms with Gasteiger partial charge in [0.15, 0.2) is 0 Å². The zero-order valence-electron chi connectivity index (χ0n) is 11.6. The molecule has 0 spiro atoms. The molecule has 2 atom stereocenters. The third-order valence-electron chi connectivity index (χ3n) is 3.87. The number of amides is 3. The lowest BCUT2D eigenvalue weighted by Gasteiger charge is -2.17. The van der Waals surface area contributed by atoms with Crippen LogP contribution in [-0.4, -0.2) is 54.1 Å². The summed E-state index contributed by atoms with van der Waals surface area (Å²) in [6.45, 7) is 3.31. The van der Waals surface area contributed by atoms with Gasteiger partial charge in [-0.3, -0.25) is 9.59 Å². The molecule has 2 fully saturated rings. The average molecular weight is 283 g/mol. The van der Waals surface area contributed by atoms with Crippen LogP contribution in [0.25, 0.3) is 0 Å². The van der Waals surface area contributed by atoms with Gasteiger partial charge >= 0.3 is 12.0 Å². The van der Waals surface area contributed by atoms with Crippen LogP contribution in [0.15, 0.2) is 0 Å². The molecule has 112 valence electrons. The summed E-state index contributed by atoms with van der Waals surface area (Å²) in [5, 5.41) is 14.5. The number of carboxylic acids is 1. The van der Waals surface area contributed by atoms with E-state index in [1.165, 1.54) is 4.90 Å². The molecule has 0 bridgehead atoms. The van der Waals surface area contributed by atoms with Gasteiger partial charge in [-0.25, -0.2) is 4.79 Å². The highest BCUT2D eigenvalue weighted by Gasteiger charge is 2.36. The van der Waals surface area contributed by atoms with Gasteiger partial charge in [-0.05, 0) is 18.8 Å². The molecule has 7 heteroatoms. The zero-order valence-corrected chi connectivity index (χ0v) is 11.6. The molecular formula is C13H21N3O4. The zero-order chi connectivity index (χ0) is 14.7. The van der Waals surface area contributed by atoms with E-state index in [-0.39, 0.29) is 30.3 Å². The standard InChI is InChI=1S/C13H21N3O4/c1-8-6-16(7-10(8)12(18)19)13(20)15-5-4-14-11(17)9-2-3-9/h8-10H,2-7H2,1H3,(H,14,17)(H,15,20)(H,18,19)/t8-,10-/m1/s1. The van der Waals surface area contributed by atoms with Crippen LogP contribution in [0, 0.1) is 17.8 Å². The summed E-state index contributed by atoms with van der Waals surface area (Å²) in [7, 11) is 0. The summed E-state index contributed by atoms with van der Waals surface area (Å²) >= 11 is 0. The molecular weight excluding hydrogens is 262 g/mol. The summed E-state index contributed by atoms with van der Waals surface area (Å²) in [5.74, 6) is -1.16. The number of carbonyl (C=O) groups excluding carboxylic acids is 2. The van der Waals surface area contributed by atoms with Crippen molar-refractivity contribution in [2.75, 3.05) is 26.2 Å². The molecule has 0 aromatic rings. The van der Waals surface area contributed by atoms with Crippen molar-refractivity contribution in [1.82, 2.24) is 15.5 Å². The van der Waals surface area contributed by atoms with Crippen LogP contribution < -0.4 is 10.6 Å². The van der Waals surface area contributed by atoms with Gasteiger partial charge in [0.25, 0.3) is 0 Å². The molecule has 2 aliphatic rings. The first-order valence-corrected chi connectivity index (χ1v) is 7.02. The molecule has 7 nitrogen and oxygen atoms in total. The van der Waals surface area contributed by atoms with E-state index >= 15 is 0 Å². The molecule has 0 aromatic carbocycles. The smallest absolute Gasteiger partial charge is 0.317 e. The quantitative estimate of drug-likeness (QED) is 0.612. The molecule has 1 saturated heterocycles. The Morgan fingerprint density at radius 2 is 1.80 bits per heavy atom. The number of aliphatic carboxylic acids is 1. The Kier molecular flexibility index (Phi) is 4.46. The van der Waals surface area contributed by atoms with Crippen molar-refractivity contribution in [2.45, 2.75) is 19.8 Å². The molecule has 1 saturated carbocycles. The lowest BCUT2D eigenvalue weighted by atomic mass is 9.99. The van der Waals surface area contributed by atoms with Gasteiger partial charge < -0.3 is 20.6 Å². The Labute approximate surface area is 117 Å². The first kappa shape index (κ1) is 14.6. The van der Waals surface area contributed by atoms with E-state index in [2.05, 4.69) is 10.6 Å². The van der Waals surface area contributed by atoms with E-state index in [1.807, 2.05) is 6.92 Å². The molecule has 1 heterocycles. The van der Waals surface area contributed by atoms with Crippen molar-refractivity contribution in [3.63, 3.8) is 0 Å². The fourth-order valence-corrected chi connectivity index (χ4v) is 2.41. The normalized spacial score (nSPS) is 25.4. The average Bonchev–Trinajstić information content (AvgIpc) is 3.16. The highest BCUT2D eigenvalue weighted by atomic mass is 16.4. The molecule has 3 N–H and O–H groups in total. The predicted molar refractivity (Wildman–Crippen MR) is 71.0 cm³/mol. The van der Waals surface area contributed by atoms with E-state index in [0.717, 1.165) is 12.8 Å². The minimum atomic E-state index is -0.857. The molecule has 1 aliphatic heterocycles. The molecule has 0 radical (unpaired) electrons. The molecule has 0 unspecified atom stereocenters. The van der Waals surface area contributed by atoms with Crippen LogP contribution in [0.2, 0.25) is 0 Å². The van der Waals surface area contributed by atoms with E-state index in [4.69, 9.17) is 5.11 Å². The van der Waals surface area contributed by atoms with E-state index in [1.54, 1.807) is 0 Å². The Balaban J connectivity index is 1.65. The van der Waals surface area contributed by atoms with Crippen molar-refractivity contribution in [2.24, 2.45) is 17.8 Å². The number of carboxylic acid groups (broad SMARTS) is 1. The summed E-state index contributed by atoms with van der Waals surface area (Å²) in [6, 6.07) is -0.263. The monoisotopic (exact) mass is 283 g/mol. The van der Waals surface area contributed by atoms with Crippen LogP contribution >= 0.6 is 0 Å². The predicted octanol–water partition coefficient (Wildman–Crippen LogP) is -0.125. The second-order valence-electron chi connectivity index (χ2n) is 5.62. The number of rotatable bonds is 5. The first-order chi connectivity index (χ1) is 9.49. The second kappa shape index (κ2) is 6.11. The van der Waals surface area contributed by atoms with Crippen LogP contribution in [0.1, 0.15) is 19.8 Å². The third-order valence-corrected chi connectivity index (χ3v) is 3.87. The highest BCUT2D eigenvalue weighted by molar-refractivity contribution is 5.81. The fourth-order valence-electron chi connectivity index (χ4n) is 2.41. The van der Waals surface area contributed by atoms with Crippen LogP contribution in [0.3, 0.4) is 0 Å². The van der Waals surface area contributed by atoms with Gasteiger partial charge in [0.2, 0.25) is 5.91 Å². The van der Waals surface area contributed by atoms with Crippen molar-refractivity contribution in [1.29, 1.82) is 0 Å². The molecule has 1 aliphatic carbocycles. The van der Waals surface area contributed by atoms with E-state index < -0.39 is 11.9 Å². The second-order valence-corrected chi connectivity index (χ2v) is 5.62. The van der Waals surface area contributed by atoms with Crippen LogP contribution in [-0.2, 0) is 9.59 Å². The lowest BCUT2D eigenvalue weighted by Crippen LogP contribution is -2.42. The van der Waals surface area contributed by atoms with E-state index in [0.29, 0.717) is 19.6 Å². The van der Waals surface area contributed by atoms with Crippen LogP contribution in [0.5, 0.6) is 0 Å². The number of carbonyl (C=O) groups is 3. The van der Waals surface area contributed by atoms with Gasteiger partial charge in [-0.15, -0.1) is 0 Å². The molecule has 20 heavy (non-hydrogen) atoms. The molecule has 2 rings (SSSR count). The van der Waals surface area contributed by atoms with E-state index in [9.17, 15) is 14.4 Å². The Morgan fingerprint density at radius 1 is 1.15 bits per heavy atom. The first-order valence-electron chi connectivity index (χ1n) is 7.02. The van der Waals surface area contributed by atoms with Gasteiger partial charge in [-0.1, -0.05) is 6.92 Å². The lowest BCUT2D eigenvalue weighted by molar-refractivity contribution is -0.142. The number of hydrogen-bond acceptors (Lipinski definition) is 3. The number of hydrogen-bond donors (Lipinski definition) is 3. The summed E-state index contributed by atoms with van der Waals surface area (Å²) in [6.07, 6.45) is 1.92. The van der Waals surface area contributed by atoms with Crippen molar-refractivity contribution in [3.8, 4) is 0 Å². The van der Waals surface area contributed by atoms with Gasteiger partial charge in [0, 0.05) is 32.1 Å². The Morgan fingerprint density at radius 3 is 2.35 bits per heavy atom.